The van der Waals surface area contributed by atoms with E-state index >= 15 is 0 Å². The smallest absolute Gasteiger partial charge is 0.257 e. The van der Waals surface area contributed by atoms with Gasteiger partial charge < -0.3 is 9.80 Å². The molecule has 1 aliphatic rings. The highest BCUT2D eigenvalue weighted by molar-refractivity contribution is 9.10. The molecule has 1 aliphatic heterocycles. The Hall–Kier alpha value is -2.25. The summed E-state index contributed by atoms with van der Waals surface area (Å²) in [5, 5.41) is 4.48. The maximum Gasteiger partial charge on any atom is 0.257 e. The Morgan fingerprint density at radius 3 is 2.46 bits per heavy atom. The summed E-state index contributed by atoms with van der Waals surface area (Å²) in [7, 11) is 2.08. The van der Waals surface area contributed by atoms with Gasteiger partial charge in [-0.15, -0.1) is 0 Å². The van der Waals surface area contributed by atoms with Gasteiger partial charge in [-0.1, -0.05) is 28.1 Å². The largest absolute Gasteiger partial charge is 0.336 e. The van der Waals surface area contributed by atoms with Crippen LogP contribution in [0.2, 0.25) is 0 Å². The Kier molecular flexibility index (Phi) is 4.50. The monoisotopic (exact) mass is 413 g/mol. The number of aryl methyl sites for hydroxylation is 1. The Morgan fingerprint density at radius 1 is 1.08 bits per heavy atom. The molecule has 4 rings (SSSR count). The van der Waals surface area contributed by atoms with Gasteiger partial charge in [0.15, 0.2) is 5.65 Å². The van der Waals surface area contributed by atoms with Gasteiger partial charge in [0.05, 0.1) is 17.5 Å². The number of rotatable bonds is 2. The summed E-state index contributed by atoms with van der Waals surface area (Å²) in [5.74, 6) is 0.0330. The van der Waals surface area contributed by atoms with Crippen LogP contribution in [0.5, 0.6) is 0 Å². The van der Waals surface area contributed by atoms with E-state index in [0.29, 0.717) is 5.56 Å². The second kappa shape index (κ2) is 6.81. The molecule has 3 aromatic rings. The maximum absolute atomic E-state index is 12.9. The number of benzene rings is 1. The summed E-state index contributed by atoms with van der Waals surface area (Å²) >= 11 is 3.46. The number of carbonyl (C=O) groups is 1. The van der Waals surface area contributed by atoms with Gasteiger partial charge in [0.2, 0.25) is 0 Å². The normalized spacial score (nSPS) is 15.6. The SMILES string of the molecule is Cc1c(C(=O)N2CCN(C)CC2)cnc2c(-c3ccc(Br)cc3)cnn12. The van der Waals surface area contributed by atoms with Crippen molar-refractivity contribution in [2.24, 2.45) is 0 Å². The zero-order valence-electron chi connectivity index (χ0n) is 14.8. The van der Waals surface area contributed by atoms with Crippen LogP contribution in [0.4, 0.5) is 0 Å². The van der Waals surface area contributed by atoms with Crippen LogP contribution in [0.3, 0.4) is 0 Å². The number of carbonyl (C=O) groups excluding carboxylic acids is 1. The van der Waals surface area contributed by atoms with Crippen LogP contribution in [0, 0.1) is 6.92 Å². The van der Waals surface area contributed by atoms with Gasteiger partial charge in [-0.05, 0) is 31.7 Å². The van der Waals surface area contributed by atoms with Gasteiger partial charge >= 0.3 is 0 Å². The van der Waals surface area contributed by atoms with Crippen LogP contribution in [0.1, 0.15) is 16.1 Å². The first-order chi connectivity index (χ1) is 12.5. The van der Waals surface area contributed by atoms with E-state index in [-0.39, 0.29) is 5.91 Å². The molecule has 134 valence electrons. The van der Waals surface area contributed by atoms with Gasteiger partial charge in [-0.25, -0.2) is 9.50 Å². The number of hydrogen-bond donors (Lipinski definition) is 0. The molecule has 0 saturated carbocycles. The van der Waals surface area contributed by atoms with Crippen LogP contribution in [-0.4, -0.2) is 63.5 Å². The predicted octanol–water partition coefficient (Wildman–Crippen LogP) is 2.85. The van der Waals surface area contributed by atoms with Crippen LogP contribution >= 0.6 is 15.9 Å². The molecular weight excluding hydrogens is 394 g/mol. The molecule has 1 amide bonds. The molecule has 0 bridgehead atoms. The molecule has 2 aromatic heterocycles. The number of aromatic nitrogens is 3. The van der Waals surface area contributed by atoms with Crippen LogP contribution in [0.15, 0.2) is 41.1 Å². The van der Waals surface area contributed by atoms with E-state index in [2.05, 4.69) is 38.0 Å². The average molecular weight is 414 g/mol. The lowest BCUT2D eigenvalue weighted by Gasteiger charge is -2.32. The molecule has 26 heavy (non-hydrogen) atoms. The number of fused-ring (bicyclic) bond motifs is 1. The lowest BCUT2D eigenvalue weighted by molar-refractivity contribution is 0.0662. The first-order valence-corrected chi connectivity index (χ1v) is 9.41. The molecule has 0 radical (unpaired) electrons. The minimum Gasteiger partial charge on any atom is -0.336 e. The number of hydrogen-bond acceptors (Lipinski definition) is 4. The lowest BCUT2D eigenvalue weighted by atomic mass is 10.1. The maximum atomic E-state index is 12.9. The summed E-state index contributed by atoms with van der Waals surface area (Å²) in [6.07, 6.45) is 3.50. The van der Waals surface area contributed by atoms with E-state index in [1.807, 2.05) is 42.3 Å². The summed E-state index contributed by atoms with van der Waals surface area (Å²) in [6.45, 7) is 5.22. The lowest BCUT2D eigenvalue weighted by Crippen LogP contribution is -2.47. The average Bonchev–Trinajstić information content (AvgIpc) is 3.08. The molecular formula is C19H20BrN5O. The number of nitrogens with zero attached hydrogens (tertiary/aromatic N) is 5. The van der Waals surface area contributed by atoms with Gasteiger partial charge in [-0.3, -0.25) is 4.79 Å². The second-order valence-corrected chi connectivity index (χ2v) is 7.57. The Balaban J connectivity index is 1.70. The van der Waals surface area contributed by atoms with Crippen LogP contribution in [-0.2, 0) is 0 Å². The highest BCUT2D eigenvalue weighted by atomic mass is 79.9. The van der Waals surface area contributed by atoms with Crippen molar-refractivity contribution < 1.29 is 4.79 Å². The van der Waals surface area contributed by atoms with Crippen molar-refractivity contribution in [3.63, 3.8) is 0 Å². The third-order valence-electron chi connectivity index (χ3n) is 4.94. The van der Waals surface area contributed by atoms with Crippen LogP contribution in [0.25, 0.3) is 16.8 Å². The van der Waals surface area contributed by atoms with Crippen molar-refractivity contribution in [3.8, 4) is 11.1 Å². The summed E-state index contributed by atoms with van der Waals surface area (Å²) in [4.78, 5) is 21.6. The third-order valence-corrected chi connectivity index (χ3v) is 5.47. The highest BCUT2D eigenvalue weighted by Crippen LogP contribution is 2.26. The van der Waals surface area contributed by atoms with Gasteiger partial charge in [-0.2, -0.15) is 5.10 Å². The number of piperazine rings is 1. The molecule has 7 heteroatoms. The Labute approximate surface area is 160 Å². The van der Waals surface area contributed by atoms with Crippen molar-refractivity contribution in [3.05, 3.63) is 52.4 Å². The molecule has 6 nitrogen and oxygen atoms in total. The van der Waals surface area contributed by atoms with E-state index in [9.17, 15) is 4.79 Å². The zero-order valence-corrected chi connectivity index (χ0v) is 16.4. The summed E-state index contributed by atoms with van der Waals surface area (Å²) in [6, 6.07) is 8.05. The molecule has 0 N–H and O–H groups in total. The predicted molar refractivity (Wildman–Crippen MR) is 104 cm³/mol. The number of amides is 1. The first kappa shape index (κ1) is 17.2. The van der Waals surface area contributed by atoms with Crippen LogP contribution < -0.4 is 0 Å². The fourth-order valence-corrected chi connectivity index (χ4v) is 3.53. The Bertz CT molecular complexity index is 958. The second-order valence-electron chi connectivity index (χ2n) is 6.65. The molecule has 3 heterocycles. The van der Waals surface area contributed by atoms with Crippen molar-refractivity contribution >= 4 is 27.5 Å². The van der Waals surface area contributed by atoms with Crippen molar-refractivity contribution in [1.29, 1.82) is 0 Å². The van der Waals surface area contributed by atoms with Crippen molar-refractivity contribution in [2.75, 3.05) is 33.2 Å². The first-order valence-electron chi connectivity index (χ1n) is 8.61. The van der Waals surface area contributed by atoms with E-state index < -0.39 is 0 Å². The number of halogens is 1. The number of likely N-dealkylation sites (N-methyl/N-ethyl adjacent to an activating group) is 1. The molecule has 0 spiro atoms. The van der Waals surface area contributed by atoms with Gasteiger partial charge in [0.1, 0.15) is 0 Å². The molecule has 0 atom stereocenters. The quantitative estimate of drug-likeness (QED) is 0.647. The fraction of sp³-hybridized carbons (Fsp3) is 0.316. The van der Waals surface area contributed by atoms with E-state index in [0.717, 1.165) is 53.1 Å². The van der Waals surface area contributed by atoms with E-state index in [1.165, 1.54) is 0 Å². The molecule has 0 aliphatic carbocycles. The van der Waals surface area contributed by atoms with Crippen molar-refractivity contribution in [2.45, 2.75) is 6.92 Å². The molecule has 1 saturated heterocycles. The summed E-state index contributed by atoms with van der Waals surface area (Å²) in [5.41, 5.74) is 4.21. The van der Waals surface area contributed by atoms with E-state index in [1.54, 1.807) is 10.7 Å². The molecule has 0 unspecified atom stereocenters. The van der Waals surface area contributed by atoms with Gasteiger partial charge in [0.25, 0.3) is 5.91 Å². The minimum absolute atomic E-state index is 0.0330. The fourth-order valence-electron chi connectivity index (χ4n) is 3.27. The Morgan fingerprint density at radius 2 is 1.77 bits per heavy atom. The van der Waals surface area contributed by atoms with Gasteiger partial charge in [0, 0.05) is 42.4 Å². The third kappa shape index (κ3) is 3.01. The zero-order chi connectivity index (χ0) is 18.3. The molecule has 1 fully saturated rings. The topological polar surface area (TPSA) is 53.7 Å². The van der Waals surface area contributed by atoms with Crippen molar-refractivity contribution in [1.82, 2.24) is 24.4 Å². The minimum atomic E-state index is 0.0330. The summed E-state index contributed by atoms with van der Waals surface area (Å²) < 4.78 is 2.79. The standard InChI is InChI=1S/C19H20BrN5O/c1-13-16(19(26)24-9-7-23(2)8-10-24)11-21-18-17(12-22-25(13)18)14-3-5-15(20)6-4-14/h3-6,11-12H,7-10H2,1-2H3. The molecule has 1 aromatic carbocycles. The highest BCUT2D eigenvalue weighted by Gasteiger charge is 2.23. The van der Waals surface area contributed by atoms with E-state index in [4.69, 9.17) is 0 Å².